The van der Waals surface area contributed by atoms with Gasteiger partial charge in [-0.25, -0.2) is 0 Å². The molecule has 9 heteroatoms. The number of nitrogens with zero attached hydrogens (tertiary/aromatic N) is 3. The van der Waals surface area contributed by atoms with E-state index in [4.69, 9.17) is 27.9 Å². The van der Waals surface area contributed by atoms with Gasteiger partial charge in [0.1, 0.15) is 6.61 Å². The summed E-state index contributed by atoms with van der Waals surface area (Å²) in [5.41, 5.74) is 3.06. The number of halogens is 2. The Bertz CT molecular complexity index is 1240. The quantitative estimate of drug-likeness (QED) is 0.297. The Morgan fingerprint density at radius 1 is 1.03 bits per heavy atom. The minimum Gasteiger partial charge on any atom is -0.482 e. The Hall–Kier alpha value is -3.13. The number of hydrogen-bond acceptors (Lipinski definition) is 5. The Morgan fingerprint density at radius 3 is 2.51 bits per heavy atom. The fourth-order valence-corrected chi connectivity index (χ4v) is 4.50. The lowest BCUT2D eigenvalue weighted by atomic mass is 10.1. The average molecular weight is 514 g/mol. The molecule has 7 nitrogen and oxygen atoms in total. The van der Waals surface area contributed by atoms with Crippen molar-refractivity contribution in [2.75, 3.05) is 26.2 Å². The van der Waals surface area contributed by atoms with E-state index in [1.165, 1.54) is 6.07 Å². The first-order chi connectivity index (χ1) is 16.8. The molecule has 0 aliphatic carbocycles. The number of nitro groups is 1. The van der Waals surface area contributed by atoms with Crippen LogP contribution in [-0.2, 0) is 13.2 Å². The highest BCUT2D eigenvalue weighted by Crippen LogP contribution is 2.28. The summed E-state index contributed by atoms with van der Waals surface area (Å²) < 4.78 is 5.72. The van der Waals surface area contributed by atoms with Gasteiger partial charge in [-0.1, -0.05) is 47.5 Å². The molecule has 35 heavy (non-hydrogen) atoms. The maximum atomic E-state index is 13.1. The molecule has 1 amide bonds. The predicted octanol–water partition coefficient (Wildman–Crippen LogP) is 5.75. The van der Waals surface area contributed by atoms with Crippen LogP contribution in [0.3, 0.4) is 0 Å². The minimum absolute atomic E-state index is 0.0441. The van der Waals surface area contributed by atoms with E-state index in [1.807, 2.05) is 23.1 Å². The Labute approximate surface area is 214 Å². The summed E-state index contributed by atoms with van der Waals surface area (Å²) in [6, 6.07) is 17.5. The van der Waals surface area contributed by atoms with Gasteiger partial charge >= 0.3 is 5.69 Å². The van der Waals surface area contributed by atoms with Crippen molar-refractivity contribution in [1.82, 2.24) is 9.80 Å². The van der Waals surface area contributed by atoms with Crippen molar-refractivity contribution in [2.45, 2.75) is 20.1 Å². The van der Waals surface area contributed by atoms with Gasteiger partial charge in [-0.2, -0.15) is 0 Å². The summed E-state index contributed by atoms with van der Waals surface area (Å²) in [5.74, 6) is 0.159. The number of carbonyl (C=O) groups is 1. The van der Waals surface area contributed by atoms with Crippen LogP contribution in [0.4, 0.5) is 5.69 Å². The van der Waals surface area contributed by atoms with Crippen molar-refractivity contribution in [3.8, 4) is 5.75 Å². The van der Waals surface area contributed by atoms with Crippen molar-refractivity contribution in [2.24, 2.45) is 0 Å². The molecule has 0 N–H and O–H groups in total. The molecular formula is C26H25Cl2N3O4. The second-order valence-corrected chi connectivity index (χ2v) is 9.37. The van der Waals surface area contributed by atoms with E-state index in [0.29, 0.717) is 35.2 Å². The lowest BCUT2D eigenvalue weighted by Gasteiger charge is -2.35. The topological polar surface area (TPSA) is 75.9 Å². The van der Waals surface area contributed by atoms with Gasteiger partial charge in [0.2, 0.25) is 0 Å². The third kappa shape index (κ3) is 6.31. The molecule has 0 unspecified atom stereocenters. The van der Waals surface area contributed by atoms with Crippen LogP contribution in [0.5, 0.6) is 5.75 Å². The maximum Gasteiger partial charge on any atom is 0.311 e. The normalized spacial score (nSPS) is 14.1. The van der Waals surface area contributed by atoms with Crippen LogP contribution in [0.15, 0.2) is 60.7 Å². The van der Waals surface area contributed by atoms with Crippen LogP contribution in [0.25, 0.3) is 0 Å². The maximum absolute atomic E-state index is 13.1. The molecule has 0 saturated carbocycles. The second-order valence-electron chi connectivity index (χ2n) is 8.52. The number of carbonyl (C=O) groups excluding carboxylic acids is 1. The summed E-state index contributed by atoms with van der Waals surface area (Å²) in [6.45, 7) is 5.32. The average Bonchev–Trinajstić information content (AvgIpc) is 2.85. The van der Waals surface area contributed by atoms with Gasteiger partial charge in [0.05, 0.1) is 4.92 Å². The van der Waals surface area contributed by atoms with Crippen LogP contribution in [0.1, 0.15) is 27.0 Å². The Morgan fingerprint density at radius 2 is 1.80 bits per heavy atom. The molecule has 1 aliphatic rings. The highest BCUT2D eigenvalue weighted by Gasteiger charge is 2.23. The predicted molar refractivity (Wildman–Crippen MR) is 136 cm³/mol. The van der Waals surface area contributed by atoms with Crippen LogP contribution in [0, 0.1) is 17.0 Å². The standard InChI is InChI=1S/C26H25Cl2N3O4/c1-18-5-8-25(24(13-18)31(33)34)35-17-19-3-2-4-20(14-19)26(32)30-11-9-29(10-12-30)16-21-6-7-22(27)15-23(21)28/h2-8,13-15H,9-12,16-17H2,1H3. The highest BCUT2D eigenvalue weighted by molar-refractivity contribution is 6.35. The lowest BCUT2D eigenvalue weighted by Crippen LogP contribution is -2.48. The largest absolute Gasteiger partial charge is 0.482 e. The molecule has 3 aromatic rings. The molecule has 0 atom stereocenters. The van der Waals surface area contributed by atoms with Crippen molar-refractivity contribution >= 4 is 34.8 Å². The third-order valence-corrected chi connectivity index (χ3v) is 6.53. The summed E-state index contributed by atoms with van der Waals surface area (Å²) in [4.78, 5) is 28.1. The number of amides is 1. The Kier molecular flexibility index (Phi) is 7.90. The number of ether oxygens (including phenoxy) is 1. The molecule has 3 aromatic carbocycles. The highest BCUT2D eigenvalue weighted by atomic mass is 35.5. The molecular weight excluding hydrogens is 489 g/mol. The van der Waals surface area contributed by atoms with Gasteiger partial charge < -0.3 is 9.64 Å². The van der Waals surface area contributed by atoms with E-state index in [9.17, 15) is 14.9 Å². The summed E-state index contributed by atoms with van der Waals surface area (Å²) in [5, 5.41) is 12.6. The molecule has 0 bridgehead atoms. The van der Waals surface area contributed by atoms with E-state index in [2.05, 4.69) is 4.90 Å². The van der Waals surface area contributed by atoms with Gasteiger partial charge in [-0.05, 0) is 53.9 Å². The molecule has 0 aromatic heterocycles. The summed E-state index contributed by atoms with van der Waals surface area (Å²) >= 11 is 12.3. The van der Waals surface area contributed by atoms with E-state index in [1.54, 1.807) is 43.3 Å². The van der Waals surface area contributed by atoms with Crippen molar-refractivity contribution < 1.29 is 14.5 Å². The zero-order valence-electron chi connectivity index (χ0n) is 19.2. The third-order valence-electron chi connectivity index (χ3n) is 5.95. The van der Waals surface area contributed by atoms with E-state index < -0.39 is 4.92 Å². The van der Waals surface area contributed by atoms with Crippen LogP contribution in [-0.4, -0.2) is 46.8 Å². The number of aryl methyl sites for hydroxylation is 1. The first-order valence-corrected chi connectivity index (χ1v) is 12.0. The van der Waals surface area contributed by atoms with Crippen LogP contribution < -0.4 is 4.74 Å². The van der Waals surface area contributed by atoms with E-state index in [0.717, 1.165) is 29.8 Å². The second kappa shape index (κ2) is 11.1. The molecule has 1 heterocycles. The zero-order chi connectivity index (χ0) is 24.9. The van der Waals surface area contributed by atoms with Gasteiger partial charge in [0, 0.05) is 54.4 Å². The minimum atomic E-state index is -0.456. The molecule has 1 aliphatic heterocycles. The van der Waals surface area contributed by atoms with E-state index in [-0.39, 0.29) is 24.0 Å². The SMILES string of the molecule is Cc1ccc(OCc2cccc(C(=O)N3CCN(Cc4ccc(Cl)cc4Cl)CC3)c2)c([N+](=O)[O-])c1. The van der Waals surface area contributed by atoms with Crippen LogP contribution in [0.2, 0.25) is 10.0 Å². The van der Waals surface area contributed by atoms with Gasteiger partial charge in [0.25, 0.3) is 5.91 Å². The summed E-state index contributed by atoms with van der Waals surface area (Å²) in [6.07, 6.45) is 0. The number of rotatable bonds is 7. The molecule has 4 rings (SSSR count). The number of piperazine rings is 1. The summed E-state index contributed by atoms with van der Waals surface area (Å²) in [7, 11) is 0. The van der Waals surface area contributed by atoms with E-state index >= 15 is 0 Å². The fraction of sp³-hybridized carbons (Fsp3) is 0.269. The lowest BCUT2D eigenvalue weighted by molar-refractivity contribution is -0.386. The molecule has 0 radical (unpaired) electrons. The zero-order valence-corrected chi connectivity index (χ0v) is 20.8. The first kappa shape index (κ1) is 25.0. The molecule has 182 valence electrons. The number of nitro benzene ring substituents is 1. The first-order valence-electron chi connectivity index (χ1n) is 11.2. The Balaban J connectivity index is 1.35. The van der Waals surface area contributed by atoms with Crippen molar-refractivity contribution in [3.63, 3.8) is 0 Å². The van der Waals surface area contributed by atoms with Gasteiger partial charge in [-0.15, -0.1) is 0 Å². The molecule has 0 spiro atoms. The van der Waals surface area contributed by atoms with Crippen molar-refractivity contribution in [1.29, 1.82) is 0 Å². The monoisotopic (exact) mass is 513 g/mol. The number of hydrogen-bond donors (Lipinski definition) is 0. The van der Waals surface area contributed by atoms with Gasteiger partial charge in [-0.3, -0.25) is 19.8 Å². The smallest absolute Gasteiger partial charge is 0.311 e. The fourth-order valence-electron chi connectivity index (χ4n) is 4.03. The van der Waals surface area contributed by atoms with Gasteiger partial charge in [0.15, 0.2) is 5.75 Å². The van der Waals surface area contributed by atoms with Crippen LogP contribution >= 0.6 is 23.2 Å². The molecule has 1 fully saturated rings. The number of benzene rings is 3. The van der Waals surface area contributed by atoms with Crippen molar-refractivity contribution in [3.05, 3.63) is 103 Å². The molecule has 1 saturated heterocycles.